The Morgan fingerprint density at radius 1 is 1.38 bits per heavy atom. The van der Waals surface area contributed by atoms with Crippen LogP contribution in [0.25, 0.3) is 0 Å². The van der Waals surface area contributed by atoms with Crippen molar-refractivity contribution >= 4 is 28.6 Å². The number of amides is 1. The van der Waals surface area contributed by atoms with Crippen molar-refractivity contribution in [2.75, 3.05) is 23.7 Å². The van der Waals surface area contributed by atoms with E-state index in [1.165, 1.54) is 10.4 Å². The fourth-order valence-corrected chi connectivity index (χ4v) is 3.33. The number of hydrogen-bond donors (Lipinski definition) is 2. The summed E-state index contributed by atoms with van der Waals surface area (Å²) >= 11 is 1.66. The molecule has 3 rings (SSSR count). The van der Waals surface area contributed by atoms with Gasteiger partial charge in [0, 0.05) is 22.8 Å². The molecule has 0 unspecified atom stereocenters. The molecule has 0 atom stereocenters. The highest BCUT2D eigenvalue weighted by Gasteiger charge is 2.19. The van der Waals surface area contributed by atoms with Crippen LogP contribution in [-0.2, 0) is 17.8 Å². The Hall–Kier alpha value is -2.01. The lowest BCUT2D eigenvalue weighted by molar-refractivity contribution is -0.119. The van der Waals surface area contributed by atoms with E-state index in [2.05, 4.69) is 10.2 Å². The number of nitrogens with two attached hydrogens (primary N) is 1. The molecule has 0 aliphatic carbocycles. The molecule has 5 heteroatoms. The highest BCUT2D eigenvalue weighted by atomic mass is 32.1. The van der Waals surface area contributed by atoms with Crippen LogP contribution in [0.4, 0.5) is 11.4 Å². The van der Waals surface area contributed by atoms with Crippen LogP contribution in [-0.4, -0.2) is 19.0 Å². The zero-order chi connectivity index (χ0) is 14.7. The van der Waals surface area contributed by atoms with Gasteiger partial charge in [-0.2, -0.15) is 0 Å². The summed E-state index contributed by atoms with van der Waals surface area (Å²) in [5.74, 6) is 0.0630. The summed E-state index contributed by atoms with van der Waals surface area (Å²) in [6.07, 6.45) is 2.10. The third-order valence-electron chi connectivity index (χ3n) is 3.69. The summed E-state index contributed by atoms with van der Waals surface area (Å²) in [6.45, 7) is 1.94. The van der Waals surface area contributed by atoms with Gasteiger partial charge in [-0.15, -0.1) is 11.3 Å². The number of hydrogen-bond acceptors (Lipinski definition) is 4. The van der Waals surface area contributed by atoms with Gasteiger partial charge in [0.2, 0.25) is 5.91 Å². The molecule has 0 radical (unpaired) electrons. The van der Waals surface area contributed by atoms with Crippen LogP contribution in [0.2, 0.25) is 0 Å². The first kappa shape index (κ1) is 13.9. The van der Waals surface area contributed by atoms with E-state index in [4.69, 9.17) is 5.73 Å². The summed E-state index contributed by atoms with van der Waals surface area (Å²) < 4.78 is 0. The number of carbonyl (C=O) groups is 1. The number of nitrogens with one attached hydrogen (secondary N) is 1. The quantitative estimate of drug-likeness (QED) is 0.853. The summed E-state index contributed by atoms with van der Waals surface area (Å²) in [7, 11) is 0. The number of nitrogens with zero attached hydrogens (tertiary/aromatic N) is 1. The van der Waals surface area contributed by atoms with Gasteiger partial charge in [-0.1, -0.05) is 6.07 Å². The Morgan fingerprint density at radius 2 is 2.29 bits per heavy atom. The molecule has 110 valence electrons. The summed E-state index contributed by atoms with van der Waals surface area (Å²) in [5.41, 5.74) is 9.01. The van der Waals surface area contributed by atoms with Crippen LogP contribution < -0.4 is 16.0 Å². The SMILES string of the molecule is Nc1ccc2c(c1)CCCN2CC(=O)NCc1cccs1. The second-order valence-electron chi connectivity index (χ2n) is 5.27. The molecule has 1 aliphatic rings. The van der Waals surface area contributed by atoms with E-state index in [9.17, 15) is 4.79 Å². The number of carbonyl (C=O) groups excluding carboxylic acids is 1. The van der Waals surface area contributed by atoms with Crippen molar-refractivity contribution in [2.24, 2.45) is 0 Å². The maximum absolute atomic E-state index is 12.1. The first-order valence-electron chi connectivity index (χ1n) is 7.15. The molecular weight excluding hydrogens is 282 g/mol. The molecule has 0 saturated carbocycles. The van der Waals surface area contributed by atoms with Gasteiger partial charge in [0.15, 0.2) is 0 Å². The average Bonchev–Trinajstić information content (AvgIpc) is 2.98. The second kappa shape index (κ2) is 6.18. The van der Waals surface area contributed by atoms with Crippen LogP contribution in [0, 0.1) is 0 Å². The molecule has 0 saturated heterocycles. The number of aryl methyl sites for hydroxylation is 1. The number of nitrogen functional groups attached to an aromatic ring is 1. The molecule has 2 aromatic rings. The molecule has 1 aliphatic heterocycles. The molecule has 0 fully saturated rings. The smallest absolute Gasteiger partial charge is 0.239 e. The normalized spacial score (nSPS) is 13.8. The van der Waals surface area contributed by atoms with Crippen molar-refractivity contribution < 1.29 is 4.79 Å². The van der Waals surface area contributed by atoms with Crippen LogP contribution in [0.5, 0.6) is 0 Å². The molecule has 2 heterocycles. The minimum atomic E-state index is 0.0630. The number of thiophene rings is 1. The van der Waals surface area contributed by atoms with Gasteiger partial charge in [-0.3, -0.25) is 4.79 Å². The molecule has 1 aromatic carbocycles. The Bertz CT molecular complexity index is 624. The van der Waals surface area contributed by atoms with E-state index < -0.39 is 0 Å². The van der Waals surface area contributed by atoms with Crippen molar-refractivity contribution in [1.82, 2.24) is 5.32 Å². The predicted octanol–water partition coefficient (Wildman–Crippen LogP) is 2.40. The third-order valence-corrected chi connectivity index (χ3v) is 4.57. The Kier molecular flexibility index (Phi) is 4.10. The van der Waals surface area contributed by atoms with Crippen molar-refractivity contribution in [3.05, 3.63) is 46.2 Å². The molecule has 1 aromatic heterocycles. The Morgan fingerprint density at radius 3 is 3.10 bits per heavy atom. The van der Waals surface area contributed by atoms with Gasteiger partial charge in [0.1, 0.15) is 0 Å². The maximum atomic E-state index is 12.1. The lowest BCUT2D eigenvalue weighted by atomic mass is 10.0. The topological polar surface area (TPSA) is 58.4 Å². The number of rotatable bonds is 4. The summed E-state index contributed by atoms with van der Waals surface area (Å²) in [6, 6.07) is 9.98. The van der Waals surface area contributed by atoms with Crippen molar-refractivity contribution in [3.63, 3.8) is 0 Å². The summed E-state index contributed by atoms with van der Waals surface area (Å²) in [4.78, 5) is 15.4. The number of fused-ring (bicyclic) bond motifs is 1. The van der Waals surface area contributed by atoms with Crippen LogP contribution >= 0.6 is 11.3 Å². The highest BCUT2D eigenvalue weighted by Crippen LogP contribution is 2.28. The Balaban J connectivity index is 1.62. The molecule has 0 spiro atoms. The van der Waals surface area contributed by atoms with E-state index in [-0.39, 0.29) is 5.91 Å². The molecular formula is C16H19N3OS. The average molecular weight is 301 g/mol. The zero-order valence-corrected chi connectivity index (χ0v) is 12.7. The maximum Gasteiger partial charge on any atom is 0.239 e. The largest absolute Gasteiger partial charge is 0.399 e. The van der Waals surface area contributed by atoms with Gasteiger partial charge in [0.25, 0.3) is 0 Å². The van der Waals surface area contributed by atoms with E-state index >= 15 is 0 Å². The number of anilines is 2. The van der Waals surface area contributed by atoms with Gasteiger partial charge >= 0.3 is 0 Å². The van der Waals surface area contributed by atoms with E-state index in [0.717, 1.165) is 30.8 Å². The second-order valence-corrected chi connectivity index (χ2v) is 6.30. The van der Waals surface area contributed by atoms with Crippen LogP contribution in [0.3, 0.4) is 0 Å². The van der Waals surface area contributed by atoms with Crippen molar-refractivity contribution in [2.45, 2.75) is 19.4 Å². The lowest BCUT2D eigenvalue weighted by Gasteiger charge is -2.30. The monoisotopic (exact) mass is 301 g/mol. The Labute approximate surface area is 128 Å². The van der Waals surface area contributed by atoms with E-state index in [1.807, 2.05) is 35.7 Å². The van der Waals surface area contributed by atoms with Crippen molar-refractivity contribution in [1.29, 1.82) is 0 Å². The minimum absolute atomic E-state index is 0.0630. The number of benzene rings is 1. The molecule has 0 bridgehead atoms. The van der Waals surface area contributed by atoms with Crippen LogP contribution in [0.15, 0.2) is 35.7 Å². The van der Waals surface area contributed by atoms with E-state index in [0.29, 0.717) is 13.1 Å². The molecule has 21 heavy (non-hydrogen) atoms. The van der Waals surface area contributed by atoms with Crippen LogP contribution in [0.1, 0.15) is 16.9 Å². The van der Waals surface area contributed by atoms with E-state index in [1.54, 1.807) is 11.3 Å². The molecule has 4 nitrogen and oxygen atoms in total. The standard InChI is InChI=1S/C16H19N3OS/c17-13-5-6-15-12(9-13)3-1-7-19(15)11-16(20)18-10-14-4-2-8-21-14/h2,4-6,8-9H,1,3,7,10-11,17H2,(H,18,20). The fourth-order valence-electron chi connectivity index (χ4n) is 2.69. The molecule has 3 N–H and O–H groups in total. The summed E-state index contributed by atoms with van der Waals surface area (Å²) in [5, 5.41) is 5.00. The highest BCUT2D eigenvalue weighted by molar-refractivity contribution is 7.09. The third kappa shape index (κ3) is 3.36. The van der Waals surface area contributed by atoms with Gasteiger partial charge < -0.3 is 16.0 Å². The predicted molar refractivity (Wildman–Crippen MR) is 87.6 cm³/mol. The lowest BCUT2D eigenvalue weighted by Crippen LogP contribution is -2.39. The fraction of sp³-hybridized carbons (Fsp3) is 0.312. The van der Waals surface area contributed by atoms with Gasteiger partial charge in [-0.25, -0.2) is 0 Å². The zero-order valence-electron chi connectivity index (χ0n) is 11.8. The first-order chi connectivity index (χ1) is 10.2. The van der Waals surface area contributed by atoms with Crippen molar-refractivity contribution in [3.8, 4) is 0 Å². The molecule has 1 amide bonds. The van der Waals surface area contributed by atoms with Gasteiger partial charge in [0.05, 0.1) is 13.1 Å². The first-order valence-corrected chi connectivity index (χ1v) is 8.03. The van der Waals surface area contributed by atoms with Gasteiger partial charge in [-0.05, 0) is 48.1 Å². The minimum Gasteiger partial charge on any atom is -0.399 e.